The third kappa shape index (κ3) is 1.66. The first-order valence-corrected chi connectivity index (χ1v) is 8.71. The van der Waals surface area contributed by atoms with Gasteiger partial charge >= 0.3 is 11.9 Å². The van der Waals surface area contributed by atoms with Crippen LogP contribution >= 0.6 is 0 Å². The van der Waals surface area contributed by atoms with E-state index in [2.05, 4.69) is 0 Å². The Morgan fingerprint density at radius 2 is 1.50 bits per heavy atom. The quantitative estimate of drug-likeness (QED) is 0.596. The molecule has 4 rings (SSSR count). The first-order valence-electron chi connectivity index (χ1n) is 7.27. The third-order valence-corrected chi connectivity index (χ3v) is 6.93. The molecule has 0 aliphatic carbocycles. The summed E-state index contributed by atoms with van der Waals surface area (Å²) in [5.41, 5.74) is 0.971. The van der Waals surface area contributed by atoms with Crippen LogP contribution in [-0.4, -0.2) is 36.7 Å². The summed E-state index contributed by atoms with van der Waals surface area (Å²) < 4.78 is 31.9. The molecule has 0 saturated carbocycles. The number of fused-ring (bicyclic) bond motifs is 5. The molecule has 6 nitrogen and oxygen atoms in total. The molecular weight excluding hydrogens is 306 g/mol. The molecule has 3 fully saturated rings. The van der Waals surface area contributed by atoms with Crippen LogP contribution in [0.25, 0.3) is 0 Å². The first-order chi connectivity index (χ1) is 10.4. The molecule has 2 bridgehead atoms. The SMILES string of the molecule is Cc1ccc(S(=O)(=O)N2C3CCC2C2C(=O)OC(=O)C23)cc1. The first kappa shape index (κ1) is 13.9. The second-order valence-electron chi connectivity index (χ2n) is 6.15. The number of ether oxygens (including phenoxy) is 1. The molecular formula is C15H15NO5S. The van der Waals surface area contributed by atoms with Crippen molar-refractivity contribution in [2.45, 2.75) is 36.7 Å². The molecule has 3 saturated heterocycles. The fourth-order valence-corrected chi connectivity index (χ4v) is 5.94. The lowest BCUT2D eigenvalue weighted by molar-refractivity contribution is -0.154. The molecule has 1 aromatic rings. The van der Waals surface area contributed by atoms with Gasteiger partial charge in [-0.3, -0.25) is 9.59 Å². The highest BCUT2D eigenvalue weighted by Crippen LogP contribution is 2.51. The highest BCUT2D eigenvalue weighted by atomic mass is 32.2. The van der Waals surface area contributed by atoms with Crippen LogP contribution in [0.4, 0.5) is 0 Å². The largest absolute Gasteiger partial charge is 0.393 e. The van der Waals surface area contributed by atoms with E-state index in [1.807, 2.05) is 6.92 Å². The van der Waals surface area contributed by atoms with Gasteiger partial charge in [-0.1, -0.05) is 17.7 Å². The summed E-state index contributed by atoms with van der Waals surface area (Å²) >= 11 is 0. The summed E-state index contributed by atoms with van der Waals surface area (Å²) in [5.74, 6) is -2.42. The minimum absolute atomic E-state index is 0.204. The van der Waals surface area contributed by atoms with Gasteiger partial charge in [0, 0.05) is 12.1 Å². The van der Waals surface area contributed by atoms with Crippen LogP contribution < -0.4 is 0 Å². The van der Waals surface area contributed by atoms with E-state index < -0.39 is 45.9 Å². The smallest absolute Gasteiger partial charge is 0.319 e. The lowest BCUT2D eigenvalue weighted by Crippen LogP contribution is -2.39. The molecule has 22 heavy (non-hydrogen) atoms. The molecule has 3 heterocycles. The Morgan fingerprint density at radius 3 is 2.00 bits per heavy atom. The van der Waals surface area contributed by atoms with Gasteiger partial charge in [-0.25, -0.2) is 8.42 Å². The van der Waals surface area contributed by atoms with Gasteiger partial charge in [-0.2, -0.15) is 4.31 Å². The minimum Gasteiger partial charge on any atom is -0.393 e. The monoisotopic (exact) mass is 321 g/mol. The molecule has 4 atom stereocenters. The zero-order valence-electron chi connectivity index (χ0n) is 11.9. The van der Waals surface area contributed by atoms with Crippen LogP contribution in [0.1, 0.15) is 18.4 Å². The normalized spacial score (nSPS) is 34.0. The average molecular weight is 321 g/mol. The van der Waals surface area contributed by atoms with E-state index in [0.29, 0.717) is 12.8 Å². The standard InChI is InChI=1S/C15H15NO5S/c1-8-2-4-9(5-3-8)22(19,20)16-10-6-7-11(16)13-12(10)14(17)21-15(13)18/h2-5,10-13H,6-7H2,1H3. The van der Waals surface area contributed by atoms with E-state index in [0.717, 1.165) is 5.56 Å². The summed E-state index contributed by atoms with van der Waals surface area (Å²) in [7, 11) is -3.71. The van der Waals surface area contributed by atoms with Crippen molar-refractivity contribution in [2.75, 3.05) is 0 Å². The molecule has 0 spiro atoms. The zero-order chi connectivity index (χ0) is 15.6. The van der Waals surface area contributed by atoms with Crippen LogP contribution in [-0.2, 0) is 24.3 Å². The van der Waals surface area contributed by atoms with Gasteiger partial charge in [0.1, 0.15) is 0 Å². The van der Waals surface area contributed by atoms with Gasteiger partial charge in [0.05, 0.1) is 16.7 Å². The third-order valence-electron chi connectivity index (χ3n) is 4.97. The second-order valence-corrected chi connectivity index (χ2v) is 7.99. The number of rotatable bonds is 2. The number of esters is 2. The Morgan fingerprint density at radius 1 is 1.00 bits per heavy atom. The van der Waals surface area contributed by atoms with Gasteiger partial charge in [0.15, 0.2) is 0 Å². The molecule has 3 aliphatic rings. The maximum absolute atomic E-state index is 12.9. The van der Waals surface area contributed by atoms with Crippen LogP contribution in [0.15, 0.2) is 29.2 Å². The van der Waals surface area contributed by atoms with E-state index in [-0.39, 0.29) is 4.90 Å². The molecule has 1 aromatic carbocycles. The van der Waals surface area contributed by atoms with E-state index in [1.54, 1.807) is 24.3 Å². The fourth-order valence-electron chi connectivity index (χ4n) is 4.03. The predicted molar refractivity (Wildman–Crippen MR) is 75.1 cm³/mol. The van der Waals surface area contributed by atoms with Crippen molar-refractivity contribution in [3.8, 4) is 0 Å². The number of cyclic esters (lactones) is 2. The van der Waals surface area contributed by atoms with Gasteiger partial charge in [-0.15, -0.1) is 0 Å². The van der Waals surface area contributed by atoms with Crippen molar-refractivity contribution in [3.63, 3.8) is 0 Å². The maximum Gasteiger partial charge on any atom is 0.319 e. The highest BCUT2D eigenvalue weighted by Gasteiger charge is 2.66. The number of hydrogen-bond acceptors (Lipinski definition) is 5. The van der Waals surface area contributed by atoms with Crippen molar-refractivity contribution in [3.05, 3.63) is 29.8 Å². The van der Waals surface area contributed by atoms with Gasteiger partial charge in [-0.05, 0) is 31.9 Å². The highest BCUT2D eigenvalue weighted by molar-refractivity contribution is 7.89. The number of benzene rings is 1. The number of carbonyl (C=O) groups is 2. The summed E-state index contributed by atoms with van der Waals surface area (Å²) in [6, 6.07) is 5.70. The molecule has 0 aromatic heterocycles. The van der Waals surface area contributed by atoms with Gasteiger partial charge in [0.25, 0.3) is 0 Å². The second kappa shape index (κ2) is 4.39. The van der Waals surface area contributed by atoms with Crippen LogP contribution in [0, 0.1) is 18.8 Å². The summed E-state index contributed by atoms with van der Waals surface area (Å²) in [6.07, 6.45) is 1.19. The zero-order valence-corrected chi connectivity index (χ0v) is 12.7. The number of nitrogens with zero attached hydrogens (tertiary/aromatic N) is 1. The van der Waals surface area contributed by atoms with Gasteiger partial charge < -0.3 is 4.74 Å². The Hall–Kier alpha value is -1.73. The van der Waals surface area contributed by atoms with Crippen molar-refractivity contribution < 1.29 is 22.7 Å². The van der Waals surface area contributed by atoms with Crippen molar-refractivity contribution in [1.29, 1.82) is 0 Å². The topological polar surface area (TPSA) is 80.8 Å². The Bertz CT molecular complexity index is 742. The maximum atomic E-state index is 12.9. The predicted octanol–water partition coefficient (Wildman–Crippen LogP) is 0.846. The summed E-state index contributed by atoms with van der Waals surface area (Å²) in [4.78, 5) is 23.9. The number of sulfonamides is 1. The molecule has 0 N–H and O–H groups in total. The molecule has 3 aliphatic heterocycles. The number of aryl methyl sites for hydroxylation is 1. The Balaban J connectivity index is 1.76. The minimum atomic E-state index is -3.71. The van der Waals surface area contributed by atoms with Crippen molar-refractivity contribution >= 4 is 22.0 Å². The molecule has 0 amide bonds. The van der Waals surface area contributed by atoms with E-state index in [4.69, 9.17) is 4.74 Å². The van der Waals surface area contributed by atoms with Crippen molar-refractivity contribution in [1.82, 2.24) is 4.31 Å². The summed E-state index contributed by atoms with van der Waals surface area (Å²) in [6.45, 7) is 1.88. The number of carbonyl (C=O) groups excluding carboxylic acids is 2. The summed E-state index contributed by atoms with van der Waals surface area (Å²) in [5, 5.41) is 0. The van der Waals surface area contributed by atoms with Crippen LogP contribution in [0.2, 0.25) is 0 Å². The molecule has 0 radical (unpaired) electrons. The van der Waals surface area contributed by atoms with E-state index in [9.17, 15) is 18.0 Å². The van der Waals surface area contributed by atoms with Crippen LogP contribution in [0.3, 0.4) is 0 Å². The van der Waals surface area contributed by atoms with Crippen molar-refractivity contribution in [2.24, 2.45) is 11.8 Å². The lowest BCUT2D eigenvalue weighted by atomic mass is 9.81. The molecule has 7 heteroatoms. The Kier molecular flexibility index (Phi) is 2.77. The van der Waals surface area contributed by atoms with E-state index in [1.165, 1.54) is 4.31 Å². The lowest BCUT2D eigenvalue weighted by Gasteiger charge is -2.23. The average Bonchev–Trinajstić information content (AvgIpc) is 3.11. The fraction of sp³-hybridized carbons (Fsp3) is 0.467. The molecule has 116 valence electrons. The Labute approximate surface area is 128 Å². The van der Waals surface area contributed by atoms with E-state index >= 15 is 0 Å². The van der Waals surface area contributed by atoms with Crippen LogP contribution in [0.5, 0.6) is 0 Å². The number of hydrogen-bond donors (Lipinski definition) is 0. The molecule has 4 unspecified atom stereocenters. The van der Waals surface area contributed by atoms with Gasteiger partial charge in [0.2, 0.25) is 10.0 Å².